The first-order chi connectivity index (χ1) is 25.2. The van der Waals surface area contributed by atoms with Gasteiger partial charge in [-0.3, -0.25) is 0 Å². The molecule has 3 aromatic heterocycles. The third-order valence-electron chi connectivity index (χ3n) is 9.79. The number of aryl methyl sites for hydroxylation is 1. The smallest absolute Gasteiger partial charge is 0.164 e. The van der Waals surface area contributed by atoms with Crippen molar-refractivity contribution in [1.29, 1.82) is 0 Å². The van der Waals surface area contributed by atoms with Crippen LogP contribution in [0, 0.1) is 6.92 Å². The fraction of sp³-hybridized carbons (Fsp3) is 0.0217. The van der Waals surface area contributed by atoms with Gasteiger partial charge in [-0.2, -0.15) is 0 Å². The minimum atomic E-state index is 0.643. The maximum Gasteiger partial charge on any atom is 0.164 e. The molecule has 0 spiro atoms. The molecule has 0 N–H and O–H groups in total. The molecule has 10 rings (SSSR count). The zero-order chi connectivity index (χ0) is 33.9. The van der Waals surface area contributed by atoms with Gasteiger partial charge in [-0.15, -0.1) is 0 Å². The Balaban J connectivity index is 1.18. The van der Waals surface area contributed by atoms with E-state index in [4.69, 9.17) is 15.0 Å². The highest BCUT2D eigenvalue weighted by molar-refractivity contribution is 6.25. The number of para-hydroxylation sites is 2. The summed E-state index contributed by atoms with van der Waals surface area (Å²) in [6, 6.07) is 57.5. The Labute approximate surface area is 294 Å². The predicted octanol–water partition coefficient (Wildman–Crippen LogP) is 11.4. The van der Waals surface area contributed by atoms with E-state index in [9.17, 15) is 0 Å². The van der Waals surface area contributed by atoms with Gasteiger partial charge < -0.3 is 9.13 Å². The van der Waals surface area contributed by atoms with Crippen LogP contribution in [0.25, 0.3) is 89.0 Å². The van der Waals surface area contributed by atoms with Crippen LogP contribution in [0.1, 0.15) is 5.56 Å². The molecule has 240 valence electrons. The third kappa shape index (κ3) is 4.82. The Kier molecular flexibility index (Phi) is 6.64. The molecule has 3 heterocycles. The molecule has 5 nitrogen and oxygen atoms in total. The van der Waals surface area contributed by atoms with Gasteiger partial charge in [-0.05, 0) is 66.4 Å². The van der Waals surface area contributed by atoms with Crippen LogP contribution in [0.2, 0.25) is 0 Å². The molecule has 5 heteroatoms. The lowest BCUT2D eigenvalue weighted by atomic mass is 10.0. The van der Waals surface area contributed by atoms with Crippen molar-refractivity contribution in [3.8, 4) is 45.5 Å². The molecule has 0 atom stereocenters. The van der Waals surface area contributed by atoms with Crippen molar-refractivity contribution < 1.29 is 0 Å². The normalized spacial score (nSPS) is 11.6. The molecule has 0 bridgehead atoms. The summed E-state index contributed by atoms with van der Waals surface area (Å²) >= 11 is 0. The summed E-state index contributed by atoms with van der Waals surface area (Å²) in [4.78, 5) is 15.0. The maximum absolute atomic E-state index is 5.03. The first-order valence-corrected chi connectivity index (χ1v) is 17.2. The van der Waals surface area contributed by atoms with Gasteiger partial charge in [0.25, 0.3) is 0 Å². The Bertz CT molecular complexity index is 2850. The summed E-state index contributed by atoms with van der Waals surface area (Å²) in [5, 5.41) is 6.14. The van der Waals surface area contributed by atoms with Crippen molar-refractivity contribution in [1.82, 2.24) is 24.1 Å². The van der Waals surface area contributed by atoms with Gasteiger partial charge >= 0.3 is 0 Å². The average molecular weight is 654 g/mol. The van der Waals surface area contributed by atoms with Gasteiger partial charge in [0.2, 0.25) is 0 Å². The van der Waals surface area contributed by atoms with Crippen LogP contribution in [0.5, 0.6) is 0 Å². The Morgan fingerprint density at radius 1 is 0.431 bits per heavy atom. The Hall–Kier alpha value is -6.85. The number of fused-ring (bicyclic) bond motifs is 7. The van der Waals surface area contributed by atoms with Gasteiger partial charge in [-0.1, -0.05) is 115 Å². The minimum Gasteiger partial charge on any atom is -0.316 e. The number of nitrogens with zero attached hydrogens (tertiary/aromatic N) is 5. The lowest BCUT2D eigenvalue weighted by molar-refractivity contribution is 1.07. The molecule has 0 amide bonds. The van der Waals surface area contributed by atoms with Crippen LogP contribution in [0.15, 0.2) is 170 Å². The molecule has 51 heavy (non-hydrogen) atoms. The lowest BCUT2D eigenvalue weighted by Crippen LogP contribution is -2.01. The molecule has 0 unspecified atom stereocenters. The number of benzene rings is 7. The highest BCUT2D eigenvalue weighted by Crippen LogP contribution is 2.40. The van der Waals surface area contributed by atoms with Crippen molar-refractivity contribution in [2.45, 2.75) is 6.92 Å². The monoisotopic (exact) mass is 653 g/mol. The SMILES string of the molecule is Cc1cc(-c2nc(-c3ccccc3)nc(-c3ccccc3)n2)cc(-n2ccc3ccc4c(ccc5c4c4ccccc4n5-c4ccccc4)c32)c1. The number of rotatable bonds is 5. The number of hydrogen-bond donors (Lipinski definition) is 0. The Morgan fingerprint density at radius 3 is 1.75 bits per heavy atom. The van der Waals surface area contributed by atoms with Crippen LogP contribution in [-0.2, 0) is 0 Å². The van der Waals surface area contributed by atoms with E-state index in [-0.39, 0.29) is 0 Å². The van der Waals surface area contributed by atoms with Crippen LogP contribution in [-0.4, -0.2) is 24.1 Å². The van der Waals surface area contributed by atoms with Crippen LogP contribution in [0.4, 0.5) is 0 Å². The van der Waals surface area contributed by atoms with Crippen LogP contribution < -0.4 is 0 Å². The zero-order valence-corrected chi connectivity index (χ0v) is 27.9. The molecule has 0 saturated carbocycles. The minimum absolute atomic E-state index is 0.643. The fourth-order valence-corrected chi connectivity index (χ4v) is 7.55. The molecule has 0 aliphatic rings. The van der Waals surface area contributed by atoms with Crippen molar-refractivity contribution in [2.75, 3.05) is 0 Å². The summed E-state index contributed by atoms with van der Waals surface area (Å²) in [6.07, 6.45) is 2.18. The highest BCUT2D eigenvalue weighted by Gasteiger charge is 2.18. The van der Waals surface area contributed by atoms with Crippen LogP contribution >= 0.6 is 0 Å². The number of hydrogen-bond acceptors (Lipinski definition) is 3. The fourth-order valence-electron chi connectivity index (χ4n) is 7.55. The summed E-state index contributed by atoms with van der Waals surface area (Å²) < 4.78 is 4.69. The highest BCUT2D eigenvalue weighted by atomic mass is 15.0. The largest absolute Gasteiger partial charge is 0.316 e. The quantitative estimate of drug-likeness (QED) is 0.186. The topological polar surface area (TPSA) is 48.5 Å². The lowest BCUT2D eigenvalue weighted by Gasteiger charge is -2.13. The zero-order valence-electron chi connectivity index (χ0n) is 27.9. The van der Waals surface area contributed by atoms with E-state index in [1.807, 2.05) is 60.7 Å². The van der Waals surface area contributed by atoms with Gasteiger partial charge in [0.05, 0.1) is 16.6 Å². The summed E-state index contributed by atoms with van der Waals surface area (Å²) in [6.45, 7) is 2.14. The molecular formula is C46H31N5. The standard InChI is InChI=1S/C46H31N5/c1-30-27-34(46-48-44(32-13-5-2-6-14-32)47-45(49-46)33-15-7-3-8-16-33)29-36(28-30)50-26-25-31-21-22-37-38(43(31)50)23-24-41-42(37)39-19-11-12-20-40(39)51(41)35-17-9-4-10-18-35/h2-29H,1H3. The summed E-state index contributed by atoms with van der Waals surface area (Å²) in [5.41, 5.74) is 9.76. The van der Waals surface area contributed by atoms with E-state index in [1.54, 1.807) is 0 Å². The van der Waals surface area contributed by atoms with Crippen molar-refractivity contribution in [3.05, 3.63) is 176 Å². The molecule has 0 fully saturated rings. The first kappa shape index (κ1) is 29.1. The number of aromatic nitrogens is 5. The van der Waals surface area contributed by atoms with Gasteiger partial charge in [0, 0.05) is 55.8 Å². The summed E-state index contributed by atoms with van der Waals surface area (Å²) in [5.74, 6) is 1.95. The first-order valence-electron chi connectivity index (χ1n) is 17.2. The van der Waals surface area contributed by atoms with E-state index in [1.165, 1.54) is 43.5 Å². The van der Waals surface area contributed by atoms with E-state index < -0.39 is 0 Å². The van der Waals surface area contributed by atoms with Crippen molar-refractivity contribution >= 4 is 43.5 Å². The molecule has 10 aromatic rings. The van der Waals surface area contributed by atoms with E-state index in [0.29, 0.717) is 17.5 Å². The average Bonchev–Trinajstić information content (AvgIpc) is 3.79. The molecule has 0 aliphatic heterocycles. The molecule has 0 saturated heterocycles. The van der Waals surface area contributed by atoms with Crippen molar-refractivity contribution in [3.63, 3.8) is 0 Å². The second kappa shape index (κ2) is 11.6. The maximum atomic E-state index is 5.03. The van der Waals surface area contributed by atoms with E-state index in [0.717, 1.165) is 33.6 Å². The van der Waals surface area contributed by atoms with Crippen molar-refractivity contribution in [2.24, 2.45) is 0 Å². The second-order valence-electron chi connectivity index (χ2n) is 13.0. The predicted molar refractivity (Wildman–Crippen MR) is 210 cm³/mol. The molecule has 0 aliphatic carbocycles. The van der Waals surface area contributed by atoms with Gasteiger partial charge in [0.15, 0.2) is 17.5 Å². The Morgan fingerprint density at radius 2 is 1.04 bits per heavy atom. The molecule has 7 aromatic carbocycles. The summed E-state index contributed by atoms with van der Waals surface area (Å²) in [7, 11) is 0. The van der Waals surface area contributed by atoms with Gasteiger partial charge in [0.1, 0.15) is 0 Å². The van der Waals surface area contributed by atoms with Gasteiger partial charge in [-0.25, -0.2) is 15.0 Å². The van der Waals surface area contributed by atoms with E-state index >= 15 is 0 Å². The third-order valence-corrected chi connectivity index (χ3v) is 9.79. The molecule has 0 radical (unpaired) electrons. The second-order valence-corrected chi connectivity index (χ2v) is 13.0. The van der Waals surface area contributed by atoms with Crippen LogP contribution in [0.3, 0.4) is 0 Å². The molecular weight excluding hydrogens is 623 g/mol. The van der Waals surface area contributed by atoms with E-state index in [2.05, 4.69) is 125 Å².